The van der Waals surface area contributed by atoms with Crippen LogP contribution in [-0.4, -0.2) is 60.5 Å². The third kappa shape index (κ3) is 5.88. The van der Waals surface area contributed by atoms with Crippen molar-refractivity contribution in [1.29, 1.82) is 0 Å². The third-order valence-corrected chi connectivity index (χ3v) is 5.14. The maximum absolute atomic E-state index is 11.8. The Labute approximate surface area is 136 Å². The minimum absolute atomic E-state index is 0.196. The lowest BCUT2D eigenvalue weighted by atomic mass is 9.94. The first-order valence-corrected chi connectivity index (χ1v) is 9.30. The quantitative estimate of drug-likeness (QED) is 0.819. The molecule has 0 aromatic carbocycles. The molecule has 4 nitrogen and oxygen atoms in total. The van der Waals surface area contributed by atoms with Crippen LogP contribution in [0.2, 0.25) is 0 Å². The molecule has 2 fully saturated rings. The number of amides is 1. The van der Waals surface area contributed by atoms with Crippen LogP contribution in [0.25, 0.3) is 0 Å². The van der Waals surface area contributed by atoms with Crippen molar-refractivity contribution in [3.8, 4) is 0 Å². The third-order valence-electron chi connectivity index (χ3n) is 5.14. The van der Waals surface area contributed by atoms with Gasteiger partial charge in [0.1, 0.15) is 0 Å². The molecule has 2 rings (SSSR count). The van der Waals surface area contributed by atoms with Crippen LogP contribution in [0.4, 0.5) is 0 Å². The molecular formula is C18H35N3O. The fourth-order valence-electron chi connectivity index (χ4n) is 3.92. The summed E-state index contributed by atoms with van der Waals surface area (Å²) in [6.07, 6.45) is 7.43. The van der Waals surface area contributed by atoms with Gasteiger partial charge in [-0.05, 0) is 65.5 Å². The molecule has 22 heavy (non-hydrogen) atoms. The molecule has 0 aromatic heterocycles. The van der Waals surface area contributed by atoms with E-state index in [1.54, 1.807) is 0 Å². The van der Waals surface area contributed by atoms with E-state index in [-0.39, 0.29) is 11.9 Å². The zero-order chi connectivity index (χ0) is 15.9. The van der Waals surface area contributed by atoms with Gasteiger partial charge in [0.15, 0.2) is 0 Å². The molecule has 128 valence electrons. The van der Waals surface area contributed by atoms with Gasteiger partial charge in [0.05, 0.1) is 0 Å². The summed E-state index contributed by atoms with van der Waals surface area (Å²) in [6.45, 7) is 12.2. The van der Waals surface area contributed by atoms with Crippen LogP contribution in [0.15, 0.2) is 0 Å². The SMILES string of the molecule is CC(C)NC(=O)CCN1CCCC(CN2CCCCC2C)C1. The van der Waals surface area contributed by atoms with Crippen molar-refractivity contribution in [3.05, 3.63) is 0 Å². The van der Waals surface area contributed by atoms with Gasteiger partial charge in [-0.15, -0.1) is 0 Å². The number of nitrogens with one attached hydrogen (secondary N) is 1. The Kier molecular flexibility index (Phi) is 7.16. The fourth-order valence-corrected chi connectivity index (χ4v) is 3.92. The molecule has 1 N–H and O–H groups in total. The van der Waals surface area contributed by atoms with Gasteiger partial charge >= 0.3 is 0 Å². The highest BCUT2D eigenvalue weighted by molar-refractivity contribution is 5.76. The van der Waals surface area contributed by atoms with E-state index < -0.39 is 0 Å². The van der Waals surface area contributed by atoms with Crippen molar-refractivity contribution in [2.24, 2.45) is 5.92 Å². The Morgan fingerprint density at radius 3 is 2.73 bits per heavy atom. The van der Waals surface area contributed by atoms with Crippen molar-refractivity contribution in [3.63, 3.8) is 0 Å². The van der Waals surface area contributed by atoms with Crippen LogP contribution in [0.1, 0.15) is 59.3 Å². The van der Waals surface area contributed by atoms with E-state index in [1.807, 2.05) is 13.8 Å². The van der Waals surface area contributed by atoms with Gasteiger partial charge in [-0.3, -0.25) is 4.79 Å². The number of carbonyl (C=O) groups excluding carboxylic acids is 1. The number of hydrogen-bond acceptors (Lipinski definition) is 3. The molecule has 2 saturated heterocycles. The maximum Gasteiger partial charge on any atom is 0.221 e. The summed E-state index contributed by atoms with van der Waals surface area (Å²) < 4.78 is 0. The second-order valence-corrected chi connectivity index (χ2v) is 7.62. The topological polar surface area (TPSA) is 35.6 Å². The summed E-state index contributed by atoms with van der Waals surface area (Å²) in [6, 6.07) is 1.02. The first kappa shape index (κ1) is 17.7. The maximum atomic E-state index is 11.8. The van der Waals surface area contributed by atoms with Gasteiger partial charge in [0, 0.05) is 38.1 Å². The lowest BCUT2D eigenvalue weighted by Gasteiger charge is -2.39. The van der Waals surface area contributed by atoms with Gasteiger partial charge in [-0.1, -0.05) is 6.42 Å². The van der Waals surface area contributed by atoms with E-state index in [0.29, 0.717) is 6.42 Å². The number of piperidine rings is 2. The van der Waals surface area contributed by atoms with Crippen molar-refractivity contribution in [2.75, 3.05) is 32.7 Å². The smallest absolute Gasteiger partial charge is 0.221 e. The Bertz CT molecular complexity index is 345. The molecule has 2 atom stereocenters. The standard InChI is InChI=1S/C18H35N3O/c1-15(2)19-18(22)9-12-20-10-6-8-17(13-20)14-21-11-5-4-7-16(21)3/h15-17H,4-14H2,1-3H3,(H,19,22). The first-order chi connectivity index (χ1) is 10.5. The molecule has 2 aliphatic heterocycles. The number of carbonyl (C=O) groups is 1. The molecular weight excluding hydrogens is 274 g/mol. The number of likely N-dealkylation sites (tertiary alicyclic amines) is 2. The van der Waals surface area contributed by atoms with Crippen molar-refractivity contribution in [2.45, 2.75) is 71.4 Å². The summed E-state index contributed by atoms with van der Waals surface area (Å²) in [5.74, 6) is 0.990. The van der Waals surface area contributed by atoms with Crippen molar-refractivity contribution < 1.29 is 4.79 Å². The molecule has 4 heteroatoms. The molecule has 0 radical (unpaired) electrons. The second kappa shape index (κ2) is 8.88. The summed E-state index contributed by atoms with van der Waals surface area (Å²) in [7, 11) is 0. The largest absolute Gasteiger partial charge is 0.354 e. The zero-order valence-electron chi connectivity index (χ0n) is 14.8. The summed E-state index contributed by atoms with van der Waals surface area (Å²) in [4.78, 5) is 17.0. The van der Waals surface area contributed by atoms with Crippen LogP contribution in [-0.2, 0) is 4.79 Å². The molecule has 2 aliphatic rings. The van der Waals surface area contributed by atoms with Crippen LogP contribution in [0.5, 0.6) is 0 Å². The average molecular weight is 309 g/mol. The van der Waals surface area contributed by atoms with Gasteiger partial charge in [0.25, 0.3) is 0 Å². The van der Waals surface area contributed by atoms with E-state index in [2.05, 4.69) is 22.0 Å². The van der Waals surface area contributed by atoms with Gasteiger partial charge < -0.3 is 15.1 Å². The first-order valence-electron chi connectivity index (χ1n) is 9.30. The zero-order valence-corrected chi connectivity index (χ0v) is 14.8. The van der Waals surface area contributed by atoms with E-state index in [4.69, 9.17) is 0 Å². The second-order valence-electron chi connectivity index (χ2n) is 7.62. The summed E-state index contributed by atoms with van der Waals surface area (Å²) in [5, 5.41) is 2.99. The van der Waals surface area contributed by atoms with Crippen LogP contribution in [0.3, 0.4) is 0 Å². The molecule has 1 amide bonds. The number of nitrogens with zero attached hydrogens (tertiary/aromatic N) is 2. The molecule has 0 saturated carbocycles. The van der Waals surface area contributed by atoms with Gasteiger partial charge in [-0.25, -0.2) is 0 Å². The summed E-state index contributed by atoms with van der Waals surface area (Å²) in [5.41, 5.74) is 0. The van der Waals surface area contributed by atoms with E-state index in [0.717, 1.165) is 18.5 Å². The molecule has 2 heterocycles. The monoisotopic (exact) mass is 309 g/mol. The Balaban J connectivity index is 1.70. The highest BCUT2D eigenvalue weighted by Gasteiger charge is 2.25. The van der Waals surface area contributed by atoms with Gasteiger partial charge in [-0.2, -0.15) is 0 Å². The van der Waals surface area contributed by atoms with Crippen LogP contribution in [0, 0.1) is 5.92 Å². The predicted octanol–water partition coefficient (Wildman–Crippen LogP) is 2.49. The normalized spacial score (nSPS) is 28.0. The summed E-state index contributed by atoms with van der Waals surface area (Å²) >= 11 is 0. The van der Waals surface area contributed by atoms with Crippen molar-refractivity contribution >= 4 is 5.91 Å². The lowest BCUT2D eigenvalue weighted by molar-refractivity contribution is -0.122. The van der Waals surface area contributed by atoms with Crippen molar-refractivity contribution in [1.82, 2.24) is 15.1 Å². The minimum atomic E-state index is 0.196. The number of hydrogen-bond donors (Lipinski definition) is 1. The van der Waals surface area contributed by atoms with E-state index in [1.165, 1.54) is 58.3 Å². The molecule has 2 unspecified atom stereocenters. The Morgan fingerprint density at radius 2 is 2.00 bits per heavy atom. The van der Waals surface area contributed by atoms with E-state index >= 15 is 0 Å². The molecule has 0 bridgehead atoms. The molecule has 0 aromatic rings. The Hall–Kier alpha value is -0.610. The highest BCUT2D eigenvalue weighted by atomic mass is 16.1. The van der Waals surface area contributed by atoms with Gasteiger partial charge in [0.2, 0.25) is 5.91 Å². The lowest BCUT2D eigenvalue weighted by Crippen LogP contribution is -2.46. The molecule has 0 aliphatic carbocycles. The minimum Gasteiger partial charge on any atom is -0.354 e. The van der Waals surface area contributed by atoms with E-state index in [9.17, 15) is 4.79 Å². The van der Waals surface area contributed by atoms with Crippen LogP contribution >= 0.6 is 0 Å². The highest BCUT2D eigenvalue weighted by Crippen LogP contribution is 2.22. The van der Waals surface area contributed by atoms with Crippen LogP contribution < -0.4 is 5.32 Å². The fraction of sp³-hybridized carbons (Fsp3) is 0.944. The number of rotatable bonds is 6. The predicted molar refractivity (Wildman–Crippen MR) is 91.9 cm³/mol. The average Bonchev–Trinajstić information content (AvgIpc) is 2.47. The Morgan fingerprint density at radius 1 is 1.18 bits per heavy atom. The molecule has 0 spiro atoms.